The number of nitro benzene ring substituents is 1. The van der Waals surface area contributed by atoms with Crippen LogP contribution < -0.4 is 10.6 Å². The van der Waals surface area contributed by atoms with E-state index in [-0.39, 0.29) is 30.0 Å². The number of rotatable bonds is 3. The molecule has 1 aliphatic rings. The number of hydrogen-bond donors (Lipinski definition) is 2. The summed E-state index contributed by atoms with van der Waals surface area (Å²) >= 11 is 0. The summed E-state index contributed by atoms with van der Waals surface area (Å²) in [5.41, 5.74) is 1.12. The lowest BCUT2D eigenvalue weighted by atomic mass is 10.1. The molecular weight excluding hydrogens is 270 g/mol. The number of carbonyl (C=O) groups excluding carboxylic acids is 1. The largest absolute Gasteiger partial charge is 0.348 e. The summed E-state index contributed by atoms with van der Waals surface area (Å²) in [6.45, 7) is 3.39. The summed E-state index contributed by atoms with van der Waals surface area (Å²) < 4.78 is 0. The van der Waals surface area contributed by atoms with Gasteiger partial charge in [-0.2, -0.15) is 0 Å². The fourth-order valence-electron chi connectivity index (χ4n) is 2.06. The predicted molar refractivity (Wildman–Crippen MR) is 73.8 cm³/mol. The maximum atomic E-state index is 12.0. The van der Waals surface area contributed by atoms with Crippen LogP contribution in [0, 0.1) is 17.0 Å². The van der Waals surface area contributed by atoms with Crippen molar-refractivity contribution in [2.75, 3.05) is 13.1 Å². The van der Waals surface area contributed by atoms with E-state index < -0.39 is 4.92 Å². The highest BCUT2D eigenvalue weighted by molar-refractivity contribution is 5.96. The third kappa shape index (κ3) is 3.65. The van der Waals surface area contributed by atoms with Crippen LogP contribution in [0.2, 0.25) is 0 Å². The summed E-state index contributed by atoms with van der Waals surface area (Å²) in [5.74, 6) is -0.170. The van der Waals surface area contributed by atoms with Gasteiger partial charge in [-0.3, -0.25) is 14.9 Å². The maximum Gasteiger partial charge on any atom is 0.269 e. The number of nitrogens with zero attached hydrogens (tertiary/aromatic N) is 1. The van der Waals surface area contributed by atoms with Crippen LogP contribution in [0.25, 0.3) is 0 Å². The molecule has 1 atom stereocenters. The van der Waals surface area contributed by atoms with Crippen molar-refractivity contribution in [1.82, 2.24) is 10.6 Å². The third-order valence-corrected chi connectivity index (χ3v) is 3.06. The molecule has 1 aromatic rings. The zero-order chi connectivity index (χ0) is 13.1. The first kappa shape index (κ1) is 15.4. The molecule has 0 radical (unpaired) electrons. The van der Waals surface area contributed by atoms with Gasteiger partial charge >= 0.3 is 0 Å². The normalized spacial score (nSPS) is 17.6. The number of nitro groups is 1. The summed E-state index contributed by atoms with van der Waals surface area (Å²) in [4.78, 5) is 22.1. The van der Waals surface area contributed by atoms with Crippen LogP contribution in [-0.2, 0) is 0 Å². The van der Waals surface area contributed by atoms with Crippen LogP contribution >= 0.6 is 12.4 Å². The first-order valence-electron chi connectivity index (χ1n) is 5.84. The number of halogens is 1. The van der Waals surface area contributed by atoms with Crippen molar-refractivity contribution in [2.45, 2.75) is 19.4 Å². The van der Waals surface area contributed by atoms with E-state index in [1.807, 2.05) is 0 Å². The molecule has 104 valence electrons. The van der Waals surface area contributed by atoms with E-state index in [4.69, 9.17) is 0 Å². The third-order valence-electron chi connectivity index (χ3n) is 3.06. The second-order valence-electron chi connectivity index (χ2n) is 4.42. The fraction of sp³-hybridized carbons (Fsp3) is 0.417. The van der Waals surface area contributed by atoms with Gasteiger partial charge in [0, 0.05) is 30.3 Å². The lowest BCUT2D eigenvalue weighted by Gasteiger charge is -2.12. The Morgan fingerprint density at radius 1 is 1.53 bits per heavy atom. The molecule has 0 aromatic heterocycles. The van der Waals surface area contributed by atoms with Gasteiger partial charge in [-0.1, -0.05) is 0 Å². The van der Waals surface area contributed by atoms with Crippen molar-refractivity contribution in [1.29, 1.82) is 0 Å². The zero-order valence-electron chi connectivity index (χ0n) is 10.5. The van der Waals surface area contributed by atoms with Crippen molar-refractivity contribution in [3.63, 3.8) is 0 Å². The van der Waals surface area contributed by atoms with Gasteiger partial charge in [0.2, 0.25) is 0 Å². The number of carbonyl (C=O) groups is 1. The Balaban J connectivity index is 0.00000180. The molecule has 2 rings (SSSR count). The molecular formula is C12H16ClN3O3. The minimum absolute atomic E-state index is 0. The lowest BCUT2D eigenvalue weighted by Crippen LogP contribution is -2.36. The average molecular weight is 286 g/mol. The molecule has 1 aromatic carbocycles. The highest BCUT2D eigenvalue weighted by Gasteiger charge is 2.19. The molecule has 2 N–H and O–H groups in total. The topological polar surface area (TPSA) is 84.3 Å². The molecule has 7 heteroatoms. The second kappa shape index (κ2) is 6.49. The van der Waals surface area contributed by atoms with Crippen molar-refractivity contribution >= 4 is 24.0 Å². The molecule has 1 amide bonds. The van der Waals surface area contributed by atoms with E-state index in [9.17, 15) is 14.9 Å². The van der Waals surface area contributed by atoms with Gasteiger partial charge in [-0.05, 0) is 31.5 Å². The second-order valence-corrected chi connectivity index (χ2v) is 4.42. The smallest absolute Gasteiger partial charge is 0.269 e. The number of nitrogens with one attached hydrogen (secondary N) is 2. The molecule has 6 nitrogen and oxygen atoms in total. The Hall–Kier alpha value is -1.66. The highest BCUT2D eigenvalue weighted by atomic mass is 35.5. The fourth-order valence-corrected chi connectivity index (χ4v) is 2.06. The number of non-ortho nitro benzene ring substituents is 1. The Bertz CT molecular complexity index is 487. The zero-order valence-corrected chi connectivity index (χ0v) is 11.3. The van der Waals surface area contributed by atoms with Crippen molar-refractivity contribution < 1.29 is 9.72 Å². The number of benzene rings is 1. The maximum absolute atomic E-state index is 12.0. The van der Waals surface area contributed by atoms with Gasteiger partial charge < -0.3 is 10.6 Å². The van der Waals surface area contributed by atoms with Gasteiger partial charge in [0.1, 0.15) is 0 Å². The Morgan fingerprint density at radius 2 is 2.26 bits per heavy atom. The lowest BCUT2D eigenvalue weighted by molar-refractivity contribution is -0.384. The van der Waals surface area contributed by atoms with E-state index in [0.29, 0.717) is 11.1 Å². The number of hydrogen-bond acceptors (Lipinski definition) is 4. The molecule has 1 saturated heterocycles. The molecule has 0 spiro atoms. The predicted octanol–water partition coefficient (Wildman–Crippen LogP) is 1.42. The molecule has 19 heavy (non-hydrogen) atoms. The summed E-state index contributed by atoms with van der Waals surface area (Å²) in [7, 11) is 0. The van der Waals surface area contributed by atoms with Crippen molar-refractivity contribution in [3.05, 3.63) is 39.4 Å². The summed E-state index contributed by atoms with van der Waals surface area (Å²) in [6.07, 6.45) is 0.914. The van der Waals surface area contributed by atoms with Crippen LogP contribution in [0.1, 0.15) is 22.3 Å². The van der Waals surface area contributed by atoms with Crippen molar-refractivity contribution in [3.8, 4) is 0 Å². The van der Waals surface area contributed by atoms with Crippen LogP contribution in [0.5, 0.6) is 0 Å². The number of aryl methyl sites for hydroxylation is 1. The van der Waals surface area contributed by atoms with E-state index in [1.54, 1.807) is 6.92 Å². The van der Waals surface area contributed by atoms with E-state index >= 15 is 0 Å². The highest BCUT2D eigenvalue weighted by Crippen LogP contribution is 2.17. The van der Waals surface area contributed by atoms with Crippen molar-refractivity contribution in [2.24, 2.45) is 0 Å². The minimum Gasteiger partial charge on any atom is -0.348 e. The van der Waals surface area contributed by atoms with E-state index in [2.05, 4.69) is 10.6 Å². The number of amides is 1. The van der Waals surface area contributed by atoms with Gasteiger partial charge in [0.25, 0.3) is 11.6 Å². The first-order valence-corrected chi connectivity index (χ1v) is 5.84. The van der Waals surface area contributed by atoms with Gasteiger partial charge in [0.15, 0.2) is 0 Å². The molecule has 0 saturated carbocycles. The quantitative estimate of drug-likeness (QED) is 0.650. The van der Waals surface area contributed by atoms with E-state index in [0.717, 1.165) is 19.5 Å². The Labute approximate surface area is 117 Å². The Morgan fingerprint density at radius 3 is 2.79 bits per heavy atom. The van der Waals surface area contributed by atoms with Crippen LogP contribution in [0.4, 0.5) is 5.69 Å². The minimum atomic E-state index is -0.463. The summed E-state index contributed by atoms with van der Waals surface area (Å²) in [6, 6.07) is 4.43. The molecule has 1 heterocycles. The van der Waals surface area contributed by atoms with Gasteiger partial charge in [-0.25, -0.2) is 0 Å². The monoisotopic (exact) mass is 285 g/mol. The molecule has 0 bridgehead atoms. The van der Waals surface area contributed by atoms with Crippen LogP contribution in [0.15, 0.2) is 18.2 Å². The molecule has 1 unspecified atom stereocenters. The molecule has 0 aliphatic carbocycles. The standard InChI is InChI=1S/C12H15N3O3.ClH/c1-8-6-10(15(17)18)2-3-11(8)12(16)14-9-4-5-13-7-9;/h2-3,6,9,13H,4-5,7H2,1H3,(H,14,16);1H. The Kier molecular flexibility index (Phi) is 5.26. The van der Waals surface area contributed by atoms with Crippen LogP contribution in [-0.4, -0.2) is 30.0 Å². The van der Waals surface area contributed by atoms with E-state index in [1.165, 1.54) is 18.2 Å². The average Bonchev–Trinajstić information content (AvgIpc) is 2.81. The first-order chi connectivity index (χ1) is 8.58. The van der Waals surface area contributed by atoms with Crippen LogP contribution in [0.3, 0.4) is 0 Å². The van der Waals surface area contributed by atoms with Gasteiger partial charge in [-0.15, -0.1) is 12.4 Å². The SMILES string of the molecule is Cc1cc([N+](=O)[O-])ccc1C(=O)NC1CCNC1.Cl. The molecule has 1 fully saturated rings. The summed E-state index contributed by atoms with van der Waals surface area (Å²) in [5, 5.41) is 16.7. The van der Waals surface area contributed by atoms with Gasteiger partial charge in [0.05, 0.1) is 4.92 Å². The molecule has 1 aliphatic heterocycles.